The van der Waals surface area contributed by atoms with Crippen molar-refractivity contribution in [1.82, 2.24) is 0 Å². The Kier molecular flexibility index (Phi) is 4.78. The molecule has 0 unspecified atom stereocenters. The minimum atomic E-state index is -0.520. The number of nitriles is 2. The van der Waals surface area contributed by atoms with Crippen LogP contribution in [-0.4, -0.2) is 5.91 Å². The average molecular weight is 337 g/mol. The summed E-state index contributed by atoms with van der Waals surface area (Å²) >= 11 is 0. The second-order valence-corrected chi connectivity index (χ2v) is 5.87. The van der Waals surface area contributed by atoms with Crippen LogP contribution in [0.4, 0.5) is 0 Å². The molecule has 0 radical (unpaired) electrons. The Morgan fingerprint density at radius 1 is 0.846 bits per heavy atom. The molecule has 26 heavy (non-hydrogen) atoms. The first-order chi connectivity index (χ1) is 12.6. The Bertz CT molecular complexity index is 1070. The predicted molar refractivity (Wildman–Crippen MR) is 99.1 cm³/mol. The molecule has 0 aliphatic heterocycles. The minimum absolute atomic E-state index is 0.407. The van der Waals surface area contributed by atoms with Gasteiger partial charge >= 0.3 is 0 Å². The van der Waals surface area contributed by atoms with Crippen LogP contribution in [0.15, 0.2) is 66.7 Å². The smallest absolute Gasteiger partial charge is 0.248 e. The lowest BCUT2D eigenvalue weighted by atomic mass is 9.91. The molecule has 0 saturated heterocycles. The van der Waals surface area contributed by atoms with Gasteiger partial charge in [-0.2, -0.15) is 10.5 Å². The zero-order chi connectivity index (χ0) is 18.5. The molecule has 1 amide bonds. The number of rotatable bonds is 4. The third kappa shape index (κ3) is 3.45. The highest BCUT2D eigenvalue weighted by Crippen LogP contribution is 2.27. The molecule has 0 spiro atoms. The molecule has 0 heterocycles. The normalized spacial score (nSPS) is 9.92. The van der Waals surface area contributed by atoms with Crippen LogP contribution in [0.1, 0.15) is 32.6 Å². The summed E-state index contributed by atoms with van der Waals surface area (Å²) in [4.78, 5) is 11.8. The number of carbonyl (C=O) groups excluding carboxylic acids is 1. The summed E-state index contributed by atoms with van der Waals surface area (Å²) in [5.74, 6) is -0.520. The Balaban J connectivity index is 2.09. The van der Waals surface area contributed by atoms with E-state index in [-0.39, 0.29) is 0 Å². The van der Waals surface area contributed by atoms with Crippen molar-refractivity contribution in [1.29, 1.82) is 10.5 Å². The van der Waals surface area contributed by atoms with Crippen molar-refractivity contribution >= 4 is 5.91 Å². The predicted octanol–water partition coefficient (Wildman–Crippen LogP) is 3.79. The summed E-state index contributed by atoms with van der Waals surface area (Å²) in [5, 5.41) is 18.3. The largest absolute Gasteiger partial charge is 0.366 e. The van der Waals surface area contributed by atoms with Crippen LogP contribution in [0, 0.1) is 22.7 Å². The standard InChI is InChI=1S/C22H15N3O/c23-13-15-4-3-6-17(10-15)20-7-2-1-5-18(20)12-19-11-16(14-24)8-9-21(19)22(25)26/h1-11H,12H2,(H2,25,26). The number of primary amides is 1. The van der Waals surface area contributed by atoms with Crippen LogP contribution >= 0.6 is 0 Å². The molecule has 124 valence electrons. The topological polar surface area (TPSA) is 90.7 Å². The molecule has 3 rings (SSSR count). The van der Waals surface area contributed by atoms with E-state index in [9.17, 15) is 4.79 Å². The Morgan fingerprint density at radius 3 is 2.31 bits per heavy atom. The van der Waals surface area contributed by atoms with Crippen LogP contribution in [0.5, 0.6) is 0 Å². The molecular weight excluding hydrogens is 322 g/mol. The molecule has 4 nitrogen and oxygen atoms in total. The van der Waals surface area contributed by atoms with Gasteiger partial charge in [0.05, 0.1) is 23.3 Å². The van der Waals surface area contributed by atoms with Crippen LogP contribution in [0.25, 0.3) is 11.1 Å². The van der Waals surface area contributed by atoms with Gasteiger partial charge in [0, 0.05) is 5.56 Å². The van der Waals surface area contributed by atoms with E-state index >= 15 is 0 Å². The quantitative estimate of drug-likeness (QED) is 0.785. The molecule has 0 aliphatic rings. The maximum Gasteiger partial charge on any atom is 0.248 e. The van der Waals surface area contributed by atoms with Crippen molar-refractivity contribution in [3.63, 3.8) is 0 Å². The van der Waals surface area contributed by atoms with E-state index in [0.29, 0.717) is 28.7 Å². The molecule has 0 aromatic heterocycles. The number of carbonyl (C=O) groups is 1. The van der Waals surface area contributed by atoms with Crippen LogP contribution < -0.4 is 5.73 Å². The molecule has 0 bridgehead atoms. The number of amides is 1. The Morgan fingerprint density at radius 2 is 1.58 bits per heavy atom. The Labute approximate surface area is 151 Å². The van der Waals surface area contributed by atoms with Crippen LogP contribution in [0.2, 0.25) is 0 Å². The lowest BCUT2D eigenvalue weighted by molar-refractivity contribution is 0.0999. The maximum atomic E-state index is 11.8. The summed E-state index contributed by atoms with van der Waals surface area (Å²) in [6.45, 7) is 0. The first-order valence-corrected chi connectivity index (χ1v) is 8.03. The number of hydrogen-bond acceptors (Lipinski definition) is 3. The second-order valence-electron chi connectivity index (χ2n) is 5.87. The number of nitrogens with two attached hydrogens (primary N) is 1. The molecule has 0 fully saturated rings. The summed E-state index contributed by atoms with van der Waals surface area (Å²) in [6, 6.07) is 24.3. The van der Waals surface area contributed by atoms with Gasteiger partial charge in [-0.15, -0.1) is 0 Å². The number of nitrogens with zero attached hydrogens (tertiary/aromatic N) is 2. The van der Waals surface area contributed by atoms with Gasteiger partial charge in [-0.25, -0.2) is 0 Å². The van der Waals surface area contributed by atoms with Crippen molar-refractivity contribution < 1.29 is 4.79 Å². The minimum Gasteiger partial charge on any atom is -0.366 e. The van der Waals surface area contributed by atoms with Gasteiger partial charge in [0.25, 0.3) is 0 Å². The SMILES string of the molecule is N#Cc1cccc(-c2ccccc2Cc2cc(C#N)ccc2C(N)=O)c1. The number of benzene rings is 3. The van der Waals surface area contributed by atoms with Crippen molar-refractivity contribution in [2.75, 3.05) is 0 Å². The second kappa shape index (κ2) is 7.34. The van der Waals surface area contributed by atoms with Crippen LogP contribution in [0.3, 0.4) is 0 Å². The fourth-order valence-electron chi connectivity index (χ4n) is 2.97. The summed E-state index contributed by atoms with van der Waals surface area (Å²) in [7, 11) is 0. The first-order valence-electron chi connectivity index (χ1n) is 8.03. The molecule has 0 saturated carbocycles. The van der Waals surface area contributed by atoms with E-state index in [1.165, 1.54) is 0 Å². The van der Waals surface area contributed by atoms with E-state index in [2.05, 4.69) is 12.1 Å². The highest BCUT2D eigenvalue weighted by Gasteiger charge is 2.13. The zero-order valence-corrected chi connectivity index (χ0v) is 13.9. The van der Waals surface area contributed by atoms with Crippen molar-refractivity contribution in [2.24, 2.45) is 5.73 Å². The third-order valence-electron chi connectivity index (χ3n) is 4.20. The van der Waals surface area contributed by atoms with Gasteiger partial charge < -0.3 is 5.73 Å². The van der Waals surface area contributed by atoms with Gasteiger partial charge in [-0.1, -0.05) is 36.4 Å². The van der Waals surface area contributed by atoms with E-state index in [4.69, 9.17) is 16.3 Å². The highest BCUT2D eigenvalue weighted by atomic mass is 16.1. The zero-order valence-electron chi connectivity index (χ0n) is 13.9. The van der Waals surface area contributed by atoms with E-state index in [0.717, 1.165) is 16.7 Å². The molecule has 3 aromatic rings. The fraction of sp³-hybridized carbons (Fsp3) is 0.0455. The first kappa shape index (κ1) is 17.0. The number of hydrogen-bond donors (Lipinski definition) is 1. The molecule has 3 aromatic carbocycles. The summed E-state index contributed by atoms with van der Waals surface area (Å²) < 4.78 is 0. The van der Waals surface area contributed by atoms with Gasteiger partial charge in [-0.05, 0) is 59.0 Å². The van der Waals surface area contributed by atoms with Crippen molar-refractivity contribution in [3.8, 4) is 23.3 Å². The third-order valence-corrected chi connectivity index (χ3v) is 4.20. The summed E-state index contributed by atoms with van der Waals surface area (Å²) in [6.07, 6.45) is 0.459. The monoisotopic (exact) mass is 337 g/mol. The molecule has 4 heteroatoms. The lowest BCUT2D eigenvalue weighted by Crippen LogP contribution is -2.14. The van der Waals surface area contributed by atoms with Gasteiger partial charge in [0.15, 0.2) is 0 Å². The fourth-order valence-corrected chi connectivity index (χ4v) is 2.97. The van der Waals surface area contributed by atoms with Gasteiger partial charge in [-0.3, -0.25) is 4.79 Å². The van der Waals surface area contributed by atoms with Crippen molar-refractivity contribution in [3.05, 3.63) is 94.5 Å². The average Bonchev–Trinajstić information content (AvgIpc) is 2.68. The van der Waals surface area contributed by atoms with Gasteiger partial charge in [0.1, 0.15) is 0 Å². The molecule has 0 aliphatic carbocycles. The summed E-state index contributed by atoms with van der Waals surface area (Å²) in [5.41, 5.74) is 10.6. The molecule has 2 N–H and O–H groups in total. The van der Waals surface area contributed by atoms with E-state index in [1.54, 1.807) is 24.3 Å². The van der Waals surface area contributed by atoms with Crippen LogP contribution in [-0.2, 0) is 6.42 Å². The molecule has 0 atom stereocenters. The molecular formula is C22H15N3O. The van der Waals surface area contributed by atoms with Gasteiger partial charge in [0.2, 0.25) is 5.91 Å². The highest BCUT2D eigenvalue weighted by molar-refractivity contribution is 5.94. The van der Waals surface area contributed by atoms with E-state index in [1.807, 2.05) is 42.5 Å². The van der Waals surface area contributed by atoms with E-state index < -0.39 is 5.91 Å². The maximum absolute atomic E-state index is 11.8. The lowest BCUT2D eigenvalue weighted by Gasteiger charge is -2.12. The van der Waals surface area contributed by atoms with Crippen molar-refractivity contribution in [2.45, 2.75) is 6.42 Å². The Hall–Kier alpha value is -3.89.